The molecule has 14 heteroatoms. The second kappa shape index (κ2) is 10.2. The van der Waals surface area contributed by atoms with Crippen molar-refractivity contribution in [2.24, 2.45) is 5.14 Å². The largest absolute Gasteiger partial charge is 0.378 e. The molecule has 0 unspecified atom stereocenters. The quantitative estimate of drug-likeness (QED) is 0.394. The molecule has 0 saturated carbocycles. The molecule has 1 aliphatic rings. The van der Waals surface area contributed by atoms with Gasteiger partial charge in [0.2, 0.25) is 27.9 Å². The first kappa shape index (κ1) is 23.6. The van der Waals surface area contributed by atoms with Crippen molar-refractivity contribution < 1.29 is 17.9 Å². The Bertz CT molecular complexity index is 1270. The van der Waals surface area contributed by atoms with Crippen LogP contribution in [0.1, 0.15) is 0 Å². The van der Waals surface area contributed by atoms with Crippen molar-refractivity contribution in [2.45, 2.75) is 4.90 Å². The Morgan fingerprint density at radius 1 is 0.912 bits per heavy atom. The Labute approximate surface area is 200 Å². The average Bonchev–Trinajstić information content (AvgIpc) is 2.81. The number of sulfonamides is 1. The Morgan fingerprint density at radius 3 is 2.18 bits per heavy atom. The smallest absolute Gasteiger partial charge is 0.326 e. The van der Waals surface area contributed by atoms with Crippen molar-refractivity contribution >= 4 is 56.9 Å². The molecule has 1 saturated heterocycles. The number of nitrogens with one attached hydrogen (secondary N) is 3. The Morgan fingerprint density at radius 2 is 1.53 bits per heavy atom. The molecule has 5 N–H and O–H groups in total. The number of carbonyl (C=O) groups is 1. The van der Waals surface area contributed by atoms with Gasteiger partial charge in [-0.25, -0.2) is 18.4 Å². The molecule has 3 aromatic rings. The molecule has 12 nitrogen and oxygen atoms in total. The number of hydrogen-bond donors (Lipinski definition) is 4. The fourth-order valence-corrected chi connectivity index (χ4v) is 3.68. The molecule has 34 heavy (non-hydrogen) atoms. The van der Waals surface area contributed by atoms with Gasteiger partial charge < -0.3 is 20.3 Å². The van der Waals surface area contributed by atoms with Crippen LogP contribution in [-0.2, 0) is 14.8 Å². The van der Waals surface area contributed by atoms with E-state index in [4.69, 9.17) is 21.5 Å². The number of anilines is 5. The van der Waals surface area contributed by atoms with Crippen LogP contribution in [0.5, 0.6) is 0 Å². The second-order valence-corrected chi connectivity index (χ2v) is 9.16. The molecule has 0 spiro atoms. The molecule has 0 atom stereocenters. The summed E-state index contributed by atoms with van der Waals surface area (Å²) in [6, 6.07) is 11.8. The summed E-state index contributed by atoms with van der Waals surface area (Å²) in [4.78, 5) is 27.5. The van der Waals surface area contributed by atoms with E-state index in [1.807, 2.05) is 4.90 Å². The van der Waals surface area contributed by atoms with E-state index in [0.29, 0.717) is 48.6 Å². The zero-order valence-corrected chi connectivity index (χ0v) is 19.3. The first-order chi connectivity index (χ1) is 16.3. The lowest BCUT2D eigenvalue weighted by Gasteiger charge is -2.27. The first-order valence-corrected chi connectivity index (χ1v) is 12.0. The predicted octanol–water partition coefficient (Wildman–Crippen LogP) is 2.40. The van der Waals surface area contributed by atoms with E-state index in [2.05, 4.69) is 30.9 Å². The molecular formula is C20H21ClN8O4S. The summed E-state index contributed by atoms with van der Waals surface area (Å²) in [6.45, 7) is 2.24. The highest BCUT2D eigenvalue weighted by atomic mass is 35.5. The average molecular weight is 505 g/mol. The molecular weight excluding hydrogens is 484 g/mol. The minimum Gasteiger partial charge on any atom is -0.378 e. The molecule has 2 heterocycles. The zero-order chi connectivity index (χ0) is 24.1. The van der Waals surface area contributed by atoms with Gasteiger partial charge in [-0.2, -0.15) is 15.0 Å². The number of amides is 2. The van der Waals surface area contributed by atoms with E-state index >= 15 is 0 Å². The van der Waals surface area contributed by atoms with E-state index in [0.717, 1.165) is 0 Å². The van der Waals surface area contributed by atoms with Crippen LogP contribution in [0.25, 0.3) is 0 Å². The monoisotopic (exact) mass is 504 g/mol. The van der Waals surface area contributed by atoms with Crippen molar-refractivity contribution in [1.82, 2.24) is 15.0 Å². The second-order valence-electron chi connectivity index (χ2n) is 7.16. The van der Waals surface area contributed by atoms with Gasteiger partial charge in [-0.1, -0.05) is 11.6 Å². The van der Waals surface area contributed by atoms with Gasteiger partial charge in [0.1, 0.15) is 0 Å². The van der Waals surface area contributed by atoms with Crippen molar-refractivity contribution in [3.8, 4) is 0 Å². The molecule has 2 amide bonds. The van der Waals surface area contributed by atoms with Gasteiger partial charge in [0.25, 0.3) is 0 Å². The van der Waals surface area contributed by atoms with Crippen LogP contribution in [0.15, 0.2) is 53.4 Å². The van der Waals surface area contributed by atoms with Gasteiger partial charge in [-0.15, -0.1) is 0 Å². The standard InChI is InChI=1S/C20H21ClN8O4S/c21-13-1-3-14(4-2-13)23-17-25-18(27-19(26-17)29-9-11-33-12-10-29)28-20(30)24-15-5-7-16(8-6-15)34(22,31)32/h1-8H,9-12H2,(H2,22,31,32)(H3,23,24,25,26,27,28,30). The highest BCUT2D eigenvalue weighted by Crippen LogP contribution is 2.20. The van der Waals surface area contributed by atoms with Crippen LogP contribution >= 0.6 is 11.6 Å². The Balaban J connectivity index is 1.53. The number of hydrogen-bond acceptors (Lipinski definition) is 9. The number of rotatable bonds is 6. The predicted molar refractivity (Wildman–Crippen MR) is 128 cm³/mol. The number of halogens is 1. The summed E-state index contributed by atoms with van der Waals surface area (Å²) >= 11 is 5.94. The molecule has 4 rings (SSSR count). The number of carbonyl (C=O) groups excluding carboxylic acids is 1. The van der Waals surface area contributed by atoms with Crippen molar-refractivity contribution in [3.63, 3.8) is 0 Å². The maximum atomic E-state index is 12.5. The van der Waals surface area contributed by atoms with Gasteiger partial charge in [0, 0.05) is 29.5 Å². The molecule has 1 aromatic heterocycles. The van der Waals surface area contributed by atoms with E-state index in [1.54, 1.807) is 24.3 Å². The number of benzene rings is 2. The topological polar surface area (TPSA) is 164 Å². The summed E-state index contributed by atoms with van der Waals surface area (Å²) in [5.74, 6) is 0.626. The van der Waals surface area contributed by atoms with Gasteiger partial charge in [-0.3, -0.25) is 5.32 Å². The number of nitrogens with two attached hydrogens (primary N) is 1. The third kappa shape index (κ3) is 6.29. The number of primary sulfonamides is 1. The lowest BCUT2D eigenvalue weighted by molar-refractivity contribution is 0.122. The summed E-state index contributed by atoms with van der Waals surface area (Å²) in [7, 11) is -3.83. The molecule has 1 fully saturated rings. The fraction of sp³-hybridized carbons (Fsp3) is 0.200. The Kier molecular flexibility index (Phi) is 7.07. The third-order valence-electron chi connectivity index (χ3n) is 4.68. The molecule has 2 aromatic carbocycles. The molecule has 0 aliphatic carbocycles. The van der Waals surface area contributed by atoms with E-state index in [9.17, 15) is 13.2 Å². The highest BCUT2D eigenvalue weighted by molar-refractivity contribution is 7.89. The zero-order valence-electron chi connectivity index (χ0n) is 17.7. The van der Waals surface area contributed by atoms with Crippen molar-refractivity contribution in [3.05, 3.63) is 53.6 Å². The summed E-state index contributed by atoms with van der Waals surface area (Å²) in [6.07, 6.45) is 0. The lowest BCUT2D eigenvalue weighted by atomic mass is 10.3. The molecule has 1 aliphatic heterocycles. The van der Waals surface area contributed by atoms with E-state index < -0.39 is 16.1 Å². The van der Waals surface area contributed by atoms with Crippen molar-refractivity contribution in [2.75, 3.05) is 47.2 Å². The fourth-order valence-electron chi connectivity index (χ4n) is 3.04. The first-order valence-electron chi connectivity index (χ1n) is 10.1. The van der Waals surface area contributed by atoms with E-state index in [1.165, 1.54) is 24.3 Å². The molecule has 178 valence electrons. The number of urea groups is 1. The molecule has 0 bridgehead atoms. The van der Waals surface area contributed by atoms with Crippen LogP contribution < -0.4 is 26.0 Å². The third-order valence-corrected chi connectivity index (χ3v) is 5.87. The van der Waals surface area contributed by atoms with Crippen LogP contribution in [0.4, 0.5) is 34.0 Å². The molecule has 0 radical (unpaired) electrons. The van der Waals surface area contributed by atoms with Crippen LogP contribution in [0.3, 0.4) is 0 Å². The summed E-state index contributed by atoms with van der Waals surface area (Å²) in [5, 5.41) is 13.9. The summed E-state index contributed by atoms with van der Waals surface area (Å²) < 4.78 is 28.1. The SMILES string of the molecule is NS(=O)(=O)c1ccc(NC(=O)Nc2nc(Nc3ccc(Cl)cc3)nc(N3CCOCC3)n2)cc1. The minimum absolute atomic E-state index is 0.0200. The van der Waals surface area contributed by atoms with Crippen LogP contribution in [-0.4, -0.2) is 55.7 Å². The van der Waals surface area contributed by atoms with Crippen LogP contribution in [0, 0.1) is 0 Å². The minimum atomic E-state index is -3.83. The number of aromatic nitrogens is 3. The van der Waals surface area contributed by atoms with Crippen molar-refractivity contribution in [1.29, 1.82) is 0 Å². The van der Waals surface area contributed by atoms with E-state index in [-0.39, 0.29) is 16.8 Å². The Hall–Kier alpha value is -3.52. The number of ether oxygens (including phenoxy) is 1. The maximum Gasteiger partial charge on any atom is 0.326 e. The maximum absolute atomic E-state index is 12.5. The van der Waals surface area contributed by atoms with Gasteiger partial charge >= 0.3 is 6.03 Å². The number of morpholine rings is 1. The van der Waals surface area contributed by atoms with Crippen LogP contribution in [0.2, 0.25) is 5.02 Å². The summed E-state index contributed by atoms with van der Waals surface area (Å²) in [5.41, 5.74) is 1.06. The van der Waals surface area contributed by atoms with Gasteiger partial charge in [0.15, 0.2) is 0 Å². The van der Waals surface area contributed by atoms with Gasteiger partial charge in [0.05, 0.1) is 18.1 Å². The lowest BCUT2D eigenvalue weighted by Crippen LogP contribution is -2.37. The number of nitrogens with zero attached hydrogens (tertiary/aromatic N) is 4. The normalized spacial score (nSPS) is 13.9. The highest BCUT2D eigenvalue weighted by Gasteiger charge is 2.18. The van der Waals surface area contributed by atoms with Gasteiger partial charge in [-0.05, 0) is 48.5 Å².